The lowest BCUT2D eigenvalue weighted by molar-refractivity contribution is 0.469. The Morgan fingerprint density at radius 3 is 2.50 bits per heavy atom. The number of aromatic amines is 1. The minimum absolute atomic E-state index is 0.357. The van der Waals surface area contributed by atoms with E-state index in [0.29, 0.717) is 5.75 Å². The van der Waals surface area contributed by atoms with Gasteiger partial charge in [-0.2, -0.15) is 0 Å². The molecule has 0 atom stereocenters. The smallest absolute Gasteiger partial charge is 0.119 e. The molecule has 90 valence electrons. The normalized spacial score (nSPS) is 10.9. The highest BCUT2D eigenvalue weighted by Crippen LogP contribution is 2.26. The molecule has 0 aliphatic heterocycles. The molecule has 0 fully saturated rings. The summed E-state index contributed by atoms with van der Waals surface area (Å²) < 4.78 is 0. The first-order chi connectivity index (χ1) is 8.75. The summed E-state index contributed by atoms with van der Waals surface area (Å²) in [5, 5.41) is 11.1. The van der Waals surface area contributed by atoms with Gasteiger partial charge in [0, 0.05) is 23.0 Å². The molecule has 0 aliphatic rings. The molecule has 3 aromatic rings. The molecule has 2 aromatic carbocycles. The summed E-state index contributed by atoms with van der Waals surface area (Å²) in [6, 6.07) is 15.8. The van der Waals surface area contributed by atoms with Crippen LogP contribution in [-0.2, 0) is 6.42 Å². The lowest BCUT2D eigenvalue weighted by atomic mass is 10.1. The van der Waals surface area contributed by atoms with Crippen molar-refractivity contribution in [3.05, 3.63) is 65.4 Å². The van der Waals surface area contributed by atoms with Crippen molar-refractivity contribution in [2.24, 2.45) is 0 Å². The van der Waals surface area contributed by atoms with Gasteiger partial charge in [0.1, 0.15) is 5.75 Å². The number of fused-ring (bicyclic) bond motifs is 1. The predicted molar refractivity (Wildman–Crippen MR) is 73.9 cm³/mol. The van der Waals surface area contributed by atoms with E-state index in [1.54, 1.807) is 6.07 Å². The predicted octanol–water partition coefficient (Wildman–Crippen LogP) is 3.77. The first-order valence-electron chi connectivity index (χ1n) is 6.09. The zero-order valence-corrected chi connectivity index (χ0v) is 10.3. The molecule has 0 radical (unpaired) electrons. The van der Waals surface area contributed by atoms with Gasteiger partial charge in [0.05, 0.1) is 0 Å². The lowest BCUT2D eigenvalue weighted by Gasteiger charge is -2.03. The van der Waals surface area contributed by atoms with Crippen molar-refractivity contribution in [3.8, 4) is 5.75 Å². The Bertz CT molecular complexity index is 697. The maximum Gasteiger partial charge on any atom is 0.119 e. The van der Waals surface area contributed by atoms with Crippen LogP contribution in [0, 0.1) is 6.92 Å². The van der Waals surface area contributed by atoms with Crippen molar-refractivity contribution in [3.63, 3.8) is 0 Å². The molecule has 0 saturated heterocycles. The van der Waals surface area contributed by atoms with Crippen molar-refractivity contribution in [1.82, 2.24) is 4.98 Å². The van der Waals surface area contributed by atoms with Crippen LogP contribution in [-0.4, -0.2) is 10.1 Å². The zero-order valence-electron chi connectivity index (χ0n) is 10.3. The molecule has 1 aromatic heterocycles. The Hall–Kier alpha value is -2.22. The van der Waals surface area contributed by atoms with E-state index in [2.05, 4.69) is 24.0 Å². The molecule has 2 nitrogen and oxygen atoms in total. The molecule has 3 rings (SSSR count). The van der Waals surface area contributed by atoms with E-state index in [1.165, 1.54) is 10.9 Å². The quantitative estimate of drug-likeness (QED) is 0.699. The zero-order chi connectivity index (χ0) is 12.5. The molecule has 1 heterocycles. The summed E-state index contributed by atoms with van der Waals surface area (Å²) in [6.07, 6.45) is 0.729. The Kier molecular flexibility index (Phi) is 2.56. The standard InChI is InChI=1S/C16H15NO/c1-11-13-7-3-4-8-14(13)17-15(11)10-12-6-2-5-9-16(12)18/h2-9,17-18H,10H2,1H3. The van der Waals surface area contributed by atoms with Gasteiger partial charge in [-0.3, -0.25) is 0 Å². The Balaban J connectivity index is 2.06. The number of benzene rings is 2. The van der Waals surface area contributed by atoms with Crippen LogP contribution in [0.15, 0.2) is 48.5 Å². The van der Waals surface area contributed by atoms with Crippen LogP contribution in [0.3, 0.4) is 0 Å². The minimum Gasteiger partial charge on any atom is -0.508 e. The summed E-state index contributed by atoms with van der Waals surface area (Å²) in [5.74, 6) is 0.357. The molecule has 2 heteroatoms. The second kappa shape index (κ2) is 4.22. The molecule has 0 saturated carbocycles. The summed E-state index contributed by atoms with van der Waals surface area (Å²) in [6.45, 7) is 2.12. The van der Waals surface area contributed by atoms with Gasteiger partial charge >= 0.3 is 0 Å². The molecule has 0 spiro atoms. The molecule has 18 heavy (non-hydrogen) atoms. The van der Waals surface area contributed by atoms with E-state index >= 15 is 0 Å². The summed E-state index contributed by atoms with van der Waals surface area (Å²) in [4.78, 5) is 3.43. The highest BCUT2D eigenvalue weighted by atomic mass is 16.3. The van der Waals surface area contributed by atoms with E-state index in [0.717, 1.165) is 23.2 Å². The third kappa shape index (κ3) is 1.76. The van der Waals surface area contributed by atoms with Crippen molar-refractivity contribution in [2.45, 2.75) is 13.3 Å². The maximum absolute atomic E-state index is 9.82. The lowest BCUT2D eigenvalue weighted by Crippen LogP contribution is -1.91. The van der Waals surface area contributed by atoms with Gasteiger partial charge in [-0.25, -0.2) is 0 Å². The average molecular weight is 237 g/mol. The molecular formula is C16H15NO. The van der Waals surface area contributed by atoms with Crippen LogP contribution < -0.4 is 0 Å². The first kappa shape index (κ1) is 10.9. The van der Waals surface area contributed by atoms with Gasteiger partial charge in [0.2, 0.25) is 0 Å². The maximum atomic E-state index is 9.82. The second-order valence-corrected chi connectivity index (χ2v) is 4.58. The van der Waals surface area contributed by atoms with Crippen LogP contribution in [0.2, 0.25) is 0 Å². The van der Waals surface area contributed by atoms with Crippen LogP contribution in [0.5, 0.6) is 5.75 Å². The molecule has 0 aliphatic carbocycles. The van der Waals surface area contributed by atoms with E-state index in [1.807, 2.05) is 30.3 Å². The van der Waals surface area contributed by atoms with Gasteiger partial charge in [-0.15, -0.1) is 0 Å². The monoisotopic (exact) mass is 237 g/mol. The van der Waals surface area contributed by atoms with Crippen molar-refractivity contribution in [1.29, 1.82) is 0 Å². The number of aromatic hydroxyl groups is 1. The average Bonchev–Trinajstić information content (AvgIpc) is 2.70. The fourth-order valence-electron chi connectivity index (χ4n) is 2.37. The van der Waals surface area contributed by atoms with Gasteiger partial charge in [0.25, 0.3) is 0 Å². The summed E-state index contributed by atoms with van der Waals surface area (Å²) >= 11 is 0. The first-order valence-corrected chi connectivity index (χ1v) is 6.09. The number of para-hydroxylation sites is 2. The number of H-pyrrole nitrogens is 1. The number of hydrogen-bond acceptors (Lipinski definition) is 1. The van der Waals surface area contributed by atoms with Crippen molar-refractivity contribution in [2.75, 3.05) is 0 Å². The SMILES string of the molecule is Cc1c(Cc2ccccc2O)[nH]c2ccccc12. The summed E-state index contributed by atoms with van der Waals surface area (Å²) in [7, 11) is 0. The number of nitrogens with one attached hydrogen (secondary N) is 1. The fraction of sp³-hybridized carbons (Fsp3) is 0.125. The topological polar surface area (TPSA) is 36.0 Å². The molecular weight excluding hydrogens is 222 g/mol. The van der Waals surface area contributed by atoms with E-state index < -0.39 is 0 Å². The van der Waals surface area contributed by atoms with E-state index in [-0.39, 0.29) is 0 Å². The second-order valence-electron chi connectivity index (χ2n) is 4.58. The number of phenolic OH excluding ortho intramolecular Hbond substituents is 1. The van der Waals surface area contributed by atoms with Crippen LogP contribution >= 0.6 is 0 Å². The Labute approximate surface area is 106 Å². The molecule has 0 unspecified atom stereocenters. The summed E-state index contributed by atoms with van der Waals surface area (Å²) in [5.41, 5.74) is 4.53. The third-order valence-corrected chi connectivity index (χ3v) is 3.43. The van der Waals surface area contributed by atoms with Gasteiger partial charge in [0.15, 0.2) is 0 Å². The Morgan fingerprint density at radius 2 is 1.72 bits per heavy atom. The highest BCUT2D eigenvalue weighted by molar-refractivity contribution is 5.84. The number of phenols is 1. The van der Waals surface area contributed by atoms with Gasteiger partial charge < -0.3 is 10.1 Å². The van der Waals surface area contributed by atoms with Gasteiger partial charge in [-0.1, -0.05) is 36.4 Å². The van der Waals surface area contributed by atoms with Crippen molar-refractivity contribution >= 4 is 10.9 Å². The number of hydrogen-bond donors (Lipinski definition) is 2. The van der Waals surface area contributed by atoms with Crippen LogP contribution in [0.25, 0.3) is 10.9 Å². The number of aryl methyl sites for hydroxylation is 1. The fourth-order valence-corrected chi connectivity index (χ4v) is 2.37. The molecule has 0 bridgehead atoms. The number of aromatic nitrogens is 1. The third-order valence-electron chi connectivity index (χ3n) is 3.43. The van der Waals surface area contributed by atoms with Crippen LogP contribution in [0.1, 0.15) is 16.8 Å². The van der Waals surface area contributed by atoms with Crippen molar-refractivity contribution < 1.29 is 5.11 Å². The number of rotatable bonds is 2. The molecule has 0 amide bonds. The van der Waals surface area contributed by atoms with Gasteiger partial charge in [-0.05, 0) is 30.2 Å². The van der Waals surface area contributed by atoms with E-state index in [9.17, 15) is 5.11 Å². The minimum atomic E-state index is 0.357. The Morgan fingerprint density at radius 1 is 1.00 bits per heavy atom. The van der Waals surface area contributed by atoms with Crippen LogP contribution in [0.4, 0.5) is 0 Å². The van der Waals surface area contributed by atoms with E-state index in [4.69, 9.17) is 0 Å². The highest BCUT2D eigenvalue weighted by Gasteiger charge is 2.09. The molecule has 2 N–H and O–H groups in total. The largest absolute Gasteiger partial charge is 0.508 e.